The van der Waals surface area contributed by atoms with Crippen molar-refractivity contribution >= 4 is 15.9 Å². The van der Waals surface area contributed by atoms with E-state index in [1.807, 2.05) is 27.7 Å². The van der Waals surface area contributed by atoms with E-state index < -0.39 is 21.1 Å². The van der Waals surface area contributed by atoms with Crippen molar-refractivity contribution in [3.8, 4) is 0 Å². The summed E-state index contributed by atoms with van der Waals surface area (Å²) >= 11 is 0. The van der Waals surface area contributed by atoms with Gasteiger partial charge in [-0.25, -0.2) is 8.42 Å². The van der Waals surface area contributed by atoms with Crippen LogP contribution in [-0.2, 0) is 14.8 Å². The number of carbonyl (C=O) groups excluding carboxylic acids is 1. The van der Waals surface area contributed by atoms with Crippen LogP contribution < -0.4 is 5.73 Å². The van der Waals surface area contributed by atoms with Crippen LogP contribution in [0.2, 0.25) is 0 Å². The average molecular weight is 400 g/mol. The van der Waals surface area contributed by atoms with Gasteiger partial charge in [-0.3, -0.25) is 4.79 Å². The zero-order valence-corrected chi connectivity index (χ0v) is 17.2. The van der Waals surface area contributed by atoms with Crippen molar-refractivity contribution in [2.75, 3.05) is 26.3 Å². The third kappa shape index (κ3) is 3.78. The summed E-state index contributed by atoms with van der Waals surface area (Å²) < 4.78 is 37.5. The summed E-state index contributed by atoms with van der Waals surface area (Å²) in [4.78, 5) is 15.0. The molecule has 0 aromatic carbocycles. The first-order valence-electron chi connectivity index (χ1n) is 9.23. The van der Waals surface area contributed by atoms with Gasteiger partial charge in [-0.15, -0.1) is 0 Å². The Morgan fingerprint density at radius 1 is 1.11 bits per heavy atom. The summed E-state index contributed by atoms with van der Waals surface area (Å²) in [5.41, 5.74) is 5.25. The van der Waals surface area contributed by atoms with Crippen LogP contribution in [0.15, 0.2) is 21.6 Å². The number of hydrogen-bond donors (Lipinski definition) is 1. The Hall–Kier alpha value is -1.42. The molecule has 2 aliphatic rings. The summed E-state index contributed by atoms with van der Waals surface area (Å²) in [6, 6.07) is 2.80. The van der Waals surface area contributed by atoms with E-state index in [1.165, 1.54) is 16.4 Å². The summed E-state index contributed by atoms with van der Waals surface area (Å²) in [6.07, 6.45) is 1.34. The second-order valence-electron chi connectivity index (χ2n) is 8.57. The monoisotopic (exact) mass is 399 g/mol. The van der Waals surface area contributed by atoms with Crippen molar-refractivity contribution in [2.24, 2.45) is 5.73 Å². The number of ether oxygens (including phenoxy) is 1. The molecule has 3 rings (SSSR count). The molecule has 0 unspecified atom stereocenters. The lowest BCUT2D eigenvalue weighted by Gasteiger charge is -2.54. The largest absolute Gasteiger partial charge is 0.438 e. The van der Waals surface area contributed by atoms with Gasteiger partial charge >= 0.3 is 0 Å². The molecule has 9 heteroatoms. The van der Waals surface area contributed by atoms with Crippen LogP contribution in [-0.4, -0.2) is 67.0 Å². The molecule has 0 saturated carbocycles. The van der Waals surface area contributed by atoms with Crippen LogP contribution in [0.4, 0.5) is 0 Å². The van der Waals surface area contributed by atoms with Crippen LogP contribution >= 0.6 is 0 Å². The molecular weight excluding hydrogens is 370 g/mol. The minimum atomic E-state index is -3.78. The Labute approximate surface area is 160 Å². The third-order valence-electron chi connectivity index (χ3n) is 5.29. The highest BCUT2D eigenvalue weighted by Gasteiger charge is 2.48. The number of likely N-dealkylation sites (tertiary alicyclic amines) is 1. The maximum absolute atomic E-state index is 13.2. The number of nitrogens with zero attached hydrogens (tertiary/aromatic N) is 2. The van der Waals surface area contributed by atoms with Crippen LogP contribution in [0.5, 0.6) is 0 Å². The number of rotatable bonds is 3. The summed E-state index contributed by atoms with van der Waals surface area (Å²) in [7, 11) is -3.78. The number of piperidine rings is 1. The molecule has 2 N–H and O–H groups in total. The molecule has 1 aromatic heterocycles. The second kappa shape index (κ2) is 6.88. The maximum Gasteiger partial charge on any atom is 0.290 e. The highest BCUT2D eigenvalue weighted by molar-refractivity contribution is 7.89. The van der Waals surface area contributed by atoms with Gasteiger partial charge in [0.15, 0.2) is 5.76 Å². The number of morpholine rings is 1. The van der Waals surface area contributed by atoms with Gasteiger partial charge in [0.1, 0.15) is 0 Å². The van der Waals surface area contributed by atoms with Gasteiger partial charge in [-0.1, -0.05) is 0 Å². The Kier molecular flexibility index (Phi) is 5.17. The van der Waals surface area contributed by atoms with E-state index in [-0.39, 0.29) is 35.9 Å². The van der Waals surface area contributed by atoms with E-state index in [1.54, 1.807) is 4.90 Å². The van der Waals surface area contributed by atoms with E-state index in [4.69, 9.17) is 14.9 Å². The molecule has 0 bridgehead atoms. The van der Waals surface area contributed by atoms with E-state index >= 15 is 0 Å². The SMILES string of the molecule is CC1(C)CC(N)CC(C)(C)N1C(=O)c1ccc(S(=O)(=O)N2CCOCC2)o1. The van der Waals surface area contributed by atoms with E-state index in [0.717, 1.165) is 0 Å². The number of furan rings is 1. The molecule has 3 heterocycles. The second-order valence-corrected chi connectivity index (χ2v) is 10.4. The molecule has 1 aromatic rings. The summed E-state index contributed by atoms with van der Waals surface area (Å²) in [6.45, 7) is 9.14. The van der Waals surface area contributed by atoms with Gasteiger partial charge in [-0.05, 0) is 52.7 Å². The van der Waals surface area contributed by atoms with Gasteiger partial charge in [0.25, 0.3) is 15.9 Å². The normalized spacial score (nSPS) is 24.1. The minimum absolute atomic E-state index is 0.00732. The molecule has 2 aliphatic heterocycles. The number of sulfonamides is 1. The highest BCUT2D eigenvalue weighted by atomic mass is 32.2. The fourth-order valence-electron chi connectivity index (χ4n) is 4.51. The average Bonchev–Trinajstić information content (AvgIpc) is 3.03. The number of carbonyl (C=O) groups is 1. The van der Waals surface area contributed by atoms with Crippen molar-refractivity contribution < 1.29 is 22.4 Å². The van der Waals surface area contributed by atoms with Crippen molar-refractivity contribution in [3.05, 3.63) is 17.9 Å². The Morgan fingerprint density at radius 2 is 1.67 bits per heavy atom. The predicted octanol–water partition coefficient (Wildman–Crippen LogP) is 1.42. The Bertz CT molecular complexity index is 791. The van der Waals surface area contributed by atoms with Gasteiger partial charge in [0.05, 0.1) is 13.2 Å². The molecular formula is C18H29N3O5S. The third-order valence-corrected chi connectivity index (χ3v) is 7.07. The van der Waals surface area contributed by atoms with E-state index in [2.05, 4.69) is 0 Å². The fraction of sp³-hybridized carbons (Fsp3) is 0.722. The first-order chi connectivity index (χ1) is 12.4. The van der Waals surface area contributed by atoms with E-state index in [0.29, 0.717) is 26.1 Å². The number of amides is 1. The first kappa shape index (κ1) is 20.3. The lowest BCUT2D eigenvalue weighted by Crippen LogP contribution is -2.65. The van der Waals surface area contributed by atoms with Crippen molar-refractivity contribution in [1.29, 1.82) is 0 Å². The van der Waals surface area contributed by atoms with Crippen molar-refractivity contribution in [1.82, 2.24) is 9.21 Å². The lowest BCUT2D eigenvalue weighted by atomic mass is 9.77. The van der Waals surface area contributed by atoms with Crippen molar-refractivity contribution in [2.45, 2.75) is 62.7 Å². The van der Waals surface area contributed by atoms with Crippen LogP contribution in [0.3, 0.4) is 0 Å². The number of hydrogen-bond acceptors (Lipinski definition) is 6. The smallest absolute Gasteiger partial charge is 0.290 e. The van der Waals surface area contributed by atoms with E-state index in [9.17, 15) is 13.2 Å². The molecule has 0 radical (unpaired) electrons. The fourth-order valence-corrected chi connectivity index (χ4v) is 5.82. The molecule has 0 atom stereocenters. The number of nitrogens with two attached hydrogens (primary N) is 1. The van der Waals surface area contributed by atoms with Crippen molar-refractivity contribution in [3.63, 3.8) is 0 Å². The first-order valence-corrected chi connectivity index (χ1v) is 10.7. The van der Waals surface area contributed by atoms with Crippen LogP contribution in [0.1, 0.15) is 51.1 Å². The standard InChI is InChI=1S/C18H29N3O5S/c1-17(2)11-13(19)12-18(3,4)21(17)16(22)14-5-6-15(26-14)27(23,24)20-7-9-25-10-8-20/h5-6,13H,7-12,19H2,1-4H3. The van der Waals surface area contributed by atoms with Gasteiger partial charge in [0.2, 0.25) is 5.09 Å². The predicted molar refractivity (Wildman–Crippen MR) is 99.8 cm³/mol. The zero-order valence-electron chi connectivity index (χ0n) is 16.4. The Morgan fingerprint density at radius 3 is 2.22 bits per heavy atom. The topological polar surface area (TPSA) is 106 Å². The Balaban J connectivity index is 1.88. The summed E-state index contributed by atoms with van der Waals surface area (Å²) in [5.74, 6) is -0.293. The molecule has 152 valence electrons. The summed E-state index contributed by atoms with van der Waals surface area (Å²) in [5, 5.41) is -0.211. The molecule has 1 amide bonds. The van der Waals surface area contributed by atoms with Gasteiger partial charge in [0, 0.05) is 30.2 Å². The molecule has 2 saturated heterocycles. The van der Waals surface area contributed by atoms with Gasteiger partial charge in [-0.2, -0.15) is 4.31 Å². The molecule has 0 spiro atoms. The quantitative estimate of drug-likeness (QED) is 0.824. The van der Waals surface area contributed by atoms with Crippen LogP contribution in [0, 0.1) is 0 Å². The molecule has 2 fully saturated rings. The van der Waals surface area contributed by atoms with Gasteiger partial charge < -0.3 is 19.8 Å². The molecule has 0 aliphatic carbocycles. The highest BCUT2D eigenvalue weighted by Crippen LogP contribution is 2.39. The molecule has 8 nitrogen and oxygen atoms in total. The zero-order chi connectivity index (χ0) is 20.0. The van der Waals surface area contributed by atoms with Crippen LogP contribution in [0.25, 0.3) is 0 Å². The minimum Gasteiger partial charge on any atom is -0.438 e. The molecule has 27 heavy (non-hydrogen) atoms. The lowest BCUT2D eigenvalue weighted by molar-refractivity contribution is -0.0197. The maximum atomic E-state index is 13.2.